The van der Waals surface area contributed by atoms with E-state index in [9.17, 15) is 0 Å². The average Bonchev–Trinajstić information content (AvgIpc) is 1.52. The minimum absolute atomic E-state index is 0.0306. The van der Waals surface area contributed by atoms with Crippen LogP contribution in [0.5, 0.6) is 0 Å². The number of fused-ring (bicyclic) bond motifs is 21. The van der Waals surface area contributed by atoms with Crippen LogP contribution >= 0.6 is 0 Å². The van der Waals surface area contributed by atoms with Crippen LogP contribution in [0, 0.1) is 5.92 Å². The van der Waals surface area contributed by atoms with Crippen molar-refractivity contribution in [2.75, 3.05) is 6.54 Å². The lowest BCUT2D eigenvalue weighted by atomic mass is 9.63. The van der Waals surface area contributed by atoms with Crippen LogP contribution in [-0.2, 0) is 28.2 Å². The zero-order valence-corrected chi connectivity index (χ0v) is 61.4. The summed E-state index contributed by atoms with van der Waals surface area (Å²) in [6.45, 7) is 20.3. The summed E-state index contributed by atoms with van der Waals surface area (Å²) in [5, 5.41) is 9.71. The molecule has 5 aliphatic carbocycles. The van der Waals surface area contributed by atoms with Crippen LogP contribution in [0.4, 0.5) is 0 Å². The van der Waals surface area contributed by atoms with Gasteiger partial charge in [0.15, 0.2) is 0 Å². The van der Waals surface area contributed by atoms with Gasteiger partial charge in [-0.2, -0.15) is 0 Å². The summed E-state index contributed by atoms with van der Waals surface area (Å²) >= 11 is 0. The summed E-state index contributed by atoms with van der Waals surface area (Å²) in [5.74, 6) is 0.378. The Morgan fingerprint density at radius 2 is 1.07 bits per heavy atom. The van der Waals surface area contributed by atoms with Crippen molar-refractivity contribution in [3.8, 4) is 22.3 Å². The highest BCUT2D eigenvalue weighted by molar-refractivity contribution is 6.21. The van der Waals surface area contributed by atoms with E-state index in [1.54, 1.807) is 22.3 Å². The molecule has 0 saturated heterocycles. The highest BCUT2D eigenvalue weighted by Crippen LogP contribution is 2.67. The van der Waals surface area contributed by atoms with Gasteiger partial charge < -0.3 is 14.2 Å². The summed E-state index contributed by atoms with van der Waals surface area (Å²) < 4.78 is 14.1. The molecule has 1 N–H and O–H groups in total. The number of furan rings is 2. The smallest absolute Gasteiger partial charge is 0.144 e. The van der Waals surface area contributed by atoms with Gasteiger partial charge in [-0.3, -0.25) is 4.98 Å². The summed E-state index contributed by atoms with van der Waals surface area (Å²) in [7, 11) is 0. The molecule has 0 amide bonds. The molecule has 4 nitrogen and oxygen atoms in total. The molecule has 512 valence electrons. The summed E-state index contributed by atoms with van der Waals surface area (Å²) in [6, 6.07) is 53.6. The number of allylic oxidation sites excluding steroid dienone is 3. The van der Waals surface area contributed by atoms with Gasteiger partial charge in [0.2, 0.25) is 0 Å². The minimum Gasteiger partial charge on any atom is -0.456 e. The Hall–Kier alpha value is -7.53. The number of aromatic nitrogens is 1. The number of unbranched alkanes of at least 4 members (excludes halogenated alkanes) is 19. The fourth-order valence-electron chi connectivity index (χ4n) is 20.1. The molecule has 0 saturated carbocycles. The lowest BCUT2D eigenvalue weighted by Crippen LogP contribution is -2.43. The van der Waals surface area contributed by atoms with Gasteiger partial charge in [0.25, 0.3) is 0 Å². The van der Waals surface area contributed by atoms with Crippen LogP contribution in [0.2, 0.25) is 0 Å². The second-order valence-electron chi connectivity index (χ2n) is 32.0. The first-order valence-corrected chi connectivity index (χ1v) is 39.6. The van der Waals surface area contributed by atoms with Crippen molar-refractivity contribution in [1.29, 1.82) is 0 Å². The van der Waals surface area contributed by atoms with Crippen LogP contribution in [0.15, 0.2) is 166 Å². The van der Waals surface area contributed by atoms with Gasteiger partial charge in [0.05, 0.1) is 11.2 Å². The Balaban J connectivity index is 0.880. The van der Waals surface area contributed by atoms with Gasteiger partial charge in [-0.1, -0.05) is 306 Å². The van der Waals surface area contributed by atoms with Crippen molar-refractivity contribution in [3.05, 3.63) is 219 Å². The maximum Gasteiger partial charge on any atom is 0.144 e. The summed E-state index contributed by atoms with van der Waals surface area (Å²) in [5.41, 5.74) is 29.9. The van der Waals surface area contributed by atoms with E-state index in [1.165, 1.54) is 260 Å². The van der Waals surface area contributed by atoms with E-state index in [0.29, 0.717) is 5.92 Å². The predicted molar refractivity (Wildman–Crippen MR) is 422 cm³/mol. The van der Waals surface area contributed by atoms with Crippen LogP contribution in [0.1, 0.15) is 290 Å². The zero-order valence-electron chi connectivity index (χ0n) is 61.4. The second-order valence-corrected chi connectivity index (χ2v) is 32.0. The largest absolute Gasteiger partial charge is 0.456 e. The molecule has 0 radical (unpaired) electrons. The molecule has 99 heavy (non-hydrogen) atoms. The van der Waals surface area contributed by atoms with Crippen molar-refractivity contribution < 1.29 is 8.83 Å². The molecule has 0 spiro atoms. The number of nitrogens with zero attached hydrogens (tertiary/aromatic N) is 1. The van der Waals surface area contributed by atoms with Crippen LogP contribution in [-0.4, -0.2) is 11.5 Å². The minimum atomic E-state index is -0.361. The number of benzene rings is 7. The monoisotopic (exact) mass is 1310 g/mol. The quantitative estimate of drug-likeness (QED) is 0.0427. The second kappa shape index (κ2) is 28.5. The predicted octanol–water partition coefficient (Wildman–Crippen LogP) is 27.4. The van der Waals surface area contributed by atoms with Gasteiger partial charge in [-0.05, 0) is 188 Å². The van der Waals surface area contributed by atoms with Crippen molar-refractivity contribution in [2.24, 2.45) is 5.92 Å². The van der Waals surface area contributed by atoms with E-state index < -0.39 is 0 Å². The first kappa shape index (κ1) is 67.3. The van der Waals surface area contributed by atoms with Crippen molar-refractivity contribution >= 4 is 66.7 Å². The van der Waals surface area contributed by atoms with Gasteiger partial charge in [0, 0.05) is 49.6 Å². The third kappa shape index (κ3) is 11.8. The summed E-state index contributed by atoms with van der Waals surface area (Å²) in [4.78, 5) is 5.07. The van der Waals surface area contributed by atoms with E-state index in [4.69, 9.17) is 13.8 Å². The molecule has 2 atom stereocenters. The standard InChI is InChI=1S/C95H110N2O2/c1-9-13-17-21-24-35-53-94(54-36-25-22-18-14-10-2)76-51-52-83-85(71-42-29-32-45-81(71)98-83)84(76)74-63-80-73(62-78(74)94)68-50-48-65(61-79(68)95(80,55-37-26-23-19-15-11-3)97-57-38-27-20-16-12-4)66(60-67-40-34-39-56-96-67)58-64-47-49-70-77(59-64)93(7,8)90-88(70)91-87(72-43-30-33-46-82(72)99-91)86-69-41-28-31-44-75(69)92(5,6)89(86)90/h28-34,39-52,56,59-61,63,78,97H,9-27,35-38,53-55,57-58,62H2,1-8H3/b66-60-. The third-order valence-electron chi connectivity index (χ3n) is 25.0. The highest BCUT2D eigenvalue weighted by Gasteiger charge is 2.55. The molecule has 3 heterocycles. The Kier molecular flexibility index (Phi) is 19.4. The molecule has 4 heteroatoms. The molecular weight excluding hydrogens is 1200 g/mol. The van der Waals surface area contributed by atoms with E-state index in [2.05, 4.69) is 212 Å². The van der Waals surface area contributed by atoms with Crippen molar-refractivity contribution in [1.82, 2.24) is 10.3 Å². The van der Waals surface area contributed by atoms with Gasteiger partial charge in [-0.15, -0.1) is 0 Å². The Morgan fingerprint density at radius 1 is 0.485 bits per heavy atom. The average molecular weight is 1310 g/mol. The maximum atomic E-state index is 7.16. The zero-order chi connectivity index (χ0) is 67.9. The van der Waals surface area contributed by atoms with Gasteiger partial charge in [-0.25, -0.2) is 0 Å². The molecule has 2 unspecified atom stereocenters. The molecule has 7 aromatic carbocycles. The first-order valence-electron chi connectivity index (χ1n) is 39.6. The molecule has 10 aromatic rings. The fourth-order valence-corrected chi connectivity index (χ4v) is 20.1. The van der Waals surface area contributed by atoms with E-state index >= 15 is 0 Å². The SMILES string of the molecule is CCCCCCCCC1(NCCCCCCC)C2=C(CC3C(=C2)c2c(ccc4oc5ccccc5c24)C3(CCCCCCCC)CCCCCCCC)c2ccc(/C(=C\c3ccccn3)Cc3ccc4c(c3)C(C)(C)c3c5c(c6c(oc7ccccc76)c3-4)-c3ccccc3C5(C)C)cc21. The van der Waals surface area contributed by atoms with Crippen LogP contribution < -0.4 is 5.32 Å². The van der Waals surface area contributed by atoms with Crippen LogP contribution in [0.3, 0.4) is 0 Å². The number of pyridine rings is 1. The van der Waals surface area contributed by atoms with E-state index in [-0.39, 0.29) is 21.8 Å². The topological polar surface area (TPSA) is 51.2 Å². The van der Waals surface area contributed by atoms with Crippen LogP contribution in [0.25, 0.3) is 88.9 Å². The lowest BCUT2D eigenvalue weighted by molar-refractivity contribution is 0.273. The molecule has 3 aromatic heterocycles. The number of para-hydroxylation sites is 2. The Morgan fingerprint density at radius 3 is 1.77 bits per heavy atom. The molecule has 0 aliphatic heterocycles. The van der Waals surface area contributed by atoms with Gasteiger partial charge >= 0.3 is 0 Å². The summed E-state index contributed by atoms with van der Waals surface area (Å²) in [6.07, 6.45) is 42.3. The Labute approximate surface area is 592 Å². The molecule has 5 aliphatic rings. The van der Waals surface area contributed by atoms with Crippen molar-refractivity contribution in [3.63, 3.8) is 0 Å². The van der Waals surface area contributed by atoms with Crippen molar-refractivity contribution in [2.45, 2.75) is 257 Å². The maximum absolute atomic E-state index is 7.16. The van der Waals surface area contributed by atoms with E-state index in [0.717, 1.165) is 53.8 Å². The molecule has 15 rings (SSSR count). The fraction of sp³-hybridized carbons (Fsp3) is 0.442. The molecular formula is C95H110N2O2. The normalized spacial score (nSPS) is 18.1. The Bertz CT molecular complexity index is 4670. The highest BCUT2D eigenvalue weighted by atomic mass is 16.3. The number of rotatable bonds is 32. The van der Waals surface area contributed by atoms with Gasteiger partial charge in [0.1, 0.15) is 22.3 Å². The molecule has 0 fully saturated rings. The molecule has 0 bridgehead atoms. The first-order chi connectivity index (χ1) is 48.5. The lowest BCUT2D eigenvalue weighted by Gasteiger charge is -2.41. The van der Waals surface area contributed by atoms with E-state index in [1.807, 2.05) is 6.20 Å². The third-order valence-corrected chi connectivity index (χ3v) is 25.0. The number of hydrogen-bond donors (Lipinski definition) is 1. The number of hydrogen-bond acceptors (Lipinski definition) is 4. The number of nitrogens with one attached hydrogen (secondary N) is 1.